The number of amides is 2. The standard InChI is InChI=1S/C17H17N3O5S/c1-11(21)18-12-4-3-5-13(8-12)19-17(22)10-25-16-7-6-14(26-2)9-15(16)20(23)24/h3-9H,10H2,1-2H3,(H,18,21)(H,19,22). The van der Waals surface area contributed by atoms with Gasteiger partial charge in [0.1, 0.15) is 0 Å². The molecule has 0 aliphatic heterocycles. The van der Waals surface area contributed by atoms with Crippen molar-refractivity contribution in [3.63, 3.8) is 0 Å². The van der Waals surface area contributed by atoms with Crippen molar-refractivity contribution in [3.8, 4) is 5.75 Å². The summed E-state index contributed by atoms with van der Waals surface area (Å²) in [4.78, 5) is 34.4. The molecule has 0 radical (unpaired) electrons. The summed E-state index contributed by atoms with van der Waals surface area (Å²) in [5, 5.41) is 16.3. The second-order valence-corrected chi connectivity index (χ2v) is 6.07. The number of ether oxygens (including phenoxy) is 1. The number of anilines is 2. The quantitative estimate of drug-likeness (QED) is 0.436. The molecule has 0 fully saturated rings. The largest absolute Gasteiger partial charge is 0.477 e. The van der Waals surface area contributed by atoms with Gasteiger partial charge in [0.2, 0.25) is 5.91 Å². The van der Waals surface area contributed by atoms with Crippen LogP contribution in [0.25, 0.3) is 0 Å². The Morgan fingerprint density at radius 3 is 2.46 bits per heavy atom. The van der Waals surface area contributed by atoms with E-state index in [0.717, 1.165) is 4.90 Å². The number of carbonyl (C=O) groups is 2. The molecule has 2 aromatic rings. The van der Waals surface area contributed by atoms with Crippen molar-refractivity contribution in [1.82, 2.24) is 0 Å². The van der Waals surface area contributed by atoms with Gasteiger partial charge in [-0.2, -0.15) is 0 Å². The number of nitro groups is 1. The van der Waals surface area contributed by atoms with E-state index in [9.17, 15) is 19.7 Å². The number of nitrogens with one attached hydrogen (secondary N) is 2. The fraction of sp³-hybridized carbons (Fsp3) is 0.176. The van der Waals surface area contributed by atoms with Gasteiger partial charge in [0, 0.05) is 29.3 Å². The van der Waals surface area contributed by atoms with E-state index in [1.165, 1.54) is 30.8 Å². The molecule has 136 valence electrons. The molecule has 2 N–H and O–H groups in total. The number of thioether (sulfide) groups is 1. The van der Waals surface area contributed by atoms with Crippen molar-refractivity contribution in [2.24, 2.45) is 0 Å². The van der Waals surface area contributed by atoms with Crippen molar-refractivity contribution >= 4 is 40.6 Å². The third kappa shape index (κ3) is 5.49. The molecule has 2 aromatic carbocycles. The van der Waals surface area contributed by atoms with Crippen molar-refractivity contribution in [2.45, 2.75) is 11.8 Å². The van der Waals surface area contributed by atoms with Gasteiger partial charge in [-0.1, -0.05) is 6.07 Å². The van der Waals surface area contributed by atoms with Crippen LogP contribution < -0.4 is 15.4 Å². The first kappa shape index (κ1) is 19.3. The summed E-state index contributed by atoms with van der Waals surface area (Å²) in [6.45, 7) is 0.998. The third-order valence-corrected chi connectivity index (χ3v) is 3.91. The normalized spacial score (nSPS) is 10.1. The van der Waals surface area contributed by atoms with Crippen LogP contribution in [0, 0.1) is 10.1 Å². The second-order valence-electron chi connectivity index (χ2n) is 5.19. The molecule has 0 saturated carbocycles. The van der Waals surface area contributed by atoms with Crippen LogP contribution in [0.1, 0.15) is 6.92 Å². The lowest BCUT2D eigenvalue weighted by atomic mass is 10.2. The summed E-state index contributed by atoms with van der Waals surface area (Å²) in [6, 6.07) is 11.1. The minimum absolute atomic E-state index is 0.0231. The first-order valence-electron chi connectivity index (χ1n) is 7.52. The number of hydrogen-bond donors (Lipinski definition) is 2. The van der Waals surface area contributed by atoms with Crippen LogP contribution in [0.3, 0.4) is 0 Å². The molecule has 9 heteroatoms. The van der Waals surface area contributed by atoms with E-state index < -0.39 is 10.8 Å². The summed E-state index contributed by atoms with van der Waals surface area (Å²) in [5.41, 5.74) is 0.814. The molecule has 0 aliphatic rings. The van der Waals surface area contributed by atoms with Crippen LogP contribution in [-0.4, -0.2) is 29.6 Å². The molecule has 0 heterocycles. The number of nitro benzene ring substituents is 1. The summed E-state index contributed by atoms with van der Waals surface area (Å²) in [7, 11) is 0. The average Bonchev–Trinajstić information content (AvgIpc) is 2.59. The van der Waals surface area contributed by atoms with E-state index in [-0.39, 0.29) is 24.0 Å². The molecule has 0 aromatic heterocycles. The van der Waals surface area contributed by atoms with Gasteiger partial charge in [-0.15, -0.1) is 11.8 Å². The molecule has 2 rings (SSSR count). The summed E-state index contributed by atoms with van der Waals surface area (Å²) in [6.07, 6.45) is 1.81. The lowest BCUT2D eigenvalue weighted by Gasteiger charge is -2.10. The lowest BCUT2D eigenvalue weighted by Crippen LogP contribution is -2.20. The fourth-order valence-corrected chi connectivity index (χ4v) is 2.54. The first-order chi connectivity index (χ1) is 12.4. The van der Waals surface area contributed by atoms with Crippen LogP contribution in [0.15, 0.2) is 47.4 Å². The molecular formula is C17H17N3O5S. The number of benzene rings is 2. The Morgan fingerprint density at radius 1 is 1.15 bits per heavy atom. The van der Waals surface area contributed by atoms with Gasteiger partial charge in [0.05, 0.1) is 4.92 Å². The Bertz CT molecular complexity index is 841. The van der Waals surface area contributed by atoms with Crippen LogP contribution >= 0.6 is 11.8 Å². The predicted octanol–water partition coefficient (Wildman–Crippen LogP) is 3.29. The molecule has 2 amide bonds. The predicted molar refractivity (Wildman–Crippen MR) is 99.7 cm³/mol. The maximum atomic E-state index is 12.0. The second kappa shape index (κ2) is 8.86. The average molecular weight is 375 g/mol. The third-order valence-electron chi connectivity index (χ3n) is 3.19. The van der Waals surface area contributed by atoms with E-state index in [0.29, 0.717) is 11.4 Å². The van der Waals surface area contributed by atoms with E-state index in [1.807, 2.05) is 6.26 Å². The summed E-state index contributed by atoms with van der Waals surface area (Å²) >= 11 is 1.37. The first-order valence-corrected chi connectivity index (χ1v) is 8.74. The van der Waals surface area contributed by atoms with Gasteiger partial charge in [0.25, 0.3) is 5.91 Å². The maximum Gasteiger partial charge on any atom is 0.312 e. The van der Waals surface area contributed by atoms with Crippen molar-refractivity contribution in [3.05, 3.63) is 52.6 Å². The zero-order chi connectivity index (χ0) is 19.1. The Balaban J connectivity index is 2.01. The zero-order valence-corrected chi connectivity index (χ0v) is 15.0. The molecule has 0 aliphatic carbocycles. The Labute approximate surface area is 154 Å². The molecule has 8 nitrogen and oxygen atoms in total. The van der Waals surface area contributed by atoms with Crippen LogP contribution in [0.2, 0.25) is 0 Å². The molecular weight excluding hydrogens is 358 g/mol. The van der Waals surface area contributed by atoms with Crippen LogP contribution in [0.5, 0.6) is 5.75 Å². The van der Waals surface area contributed by atoms with E-state index in [2.05, 4.69) is 10.6 Å². The van der Waals surface area contributed by atoms with Gasteiger partial charge >= 0.3 is 5.69 Å². The number of carbonyl (C=O) groups excluding carboxylic acids is 2. The highest BCUT2D eigenvalue weighted by atomic mass is 32.2. The molecule has 0 saturated heterocycles. The minimum atomic E-state index is -0.552. The van der Waals surface area contributed by atoms with E-state index in [4.69, 9.17) is 4.74 Å². The van der Waals surface area contributed by atoms with Crippen molar-refractivity contribution in [2.75, 3.05) is 23.5 Å². The highest BCUT2D eigenvalue weighted by Crippen LogP contribution is 2.31. The minimum Gasteiger partial charge on any atom is -0.477 e. The molecule has 0 bridgehead atoms. The van der Waals surface area contributed by atoms with Gasteiger partial charge in [-0.3, -0.25) is 19.7 Å². The van der Waals surface area contributed by atoms with Crippen LogP contribution in [-0.2, 0) is 9.59 Å². The topological polar surface area (TPSA) is 111 Å². The highest BCUT2D eigenvalue weighted by Gasteiger charge is 2.17. The number of nitrogens with zero attached hydrogens (tertiary/aromatic N) is 1. The lowest BCUT2D eigenvalue weighted by molar-refractivity contribution is -0.386. The molecule has 0 spiro atoms. The molecule has 0 unspecified atom stereocenters. The zero-order valence-electron chi connectivity index (χ0n) is 14.1. The maximum absolute atomic E-state index is 12.0. The van der Waals surface area contributed by atoms with Crippen LogP contribution in [0.4, 0.5) is 17.1 Å². The molecule has 26 heavy (non-hydrogen) atoms. The summed E-state index contributed by atoms with van der Waals surface area (Å²) in [5.74, 6) is -0.680. The van der Waals surface area contributed by atoms with Gasteiger partial charge in [-0.05, 0) is 36.6 Å². The van der Waals surface area contributed by atoms with E-state index in [1.54, 1.807) is 30.3 Å². The number of hydrogen-bond acceptors (Lipinski definition) is 6. The smallest absolute Gasteiger partial charge is 0.312 e. The monoisotopic (exact) mass is 375 g/mol. The van der Waals surface area contributed by atoms with Gasteiger partial charge in [-0.25, -0.2) is 0 Å². The van der Waals surface area contributed by atoms with Gasteiger partial charge < -0.3 is 15.4 Å². The van der Waals surface area contributed by atoms with Crippen molar-refractivity contribution < 1.29 is 19.2 Å². The van der Waals surface area contributed by atoms with Crippen molar-refractivity contribution in [1.29, 1.82) is 0 Å². The van der Waals surface area contributed by atoms with E-state index >= 15 is 0 Å². The molecule has 0 atom stereocenters. The number of rotatable bonds is 7. The SMILES string of the molecule is CSc1ccc(OCC(=O)Nc2cccc(NC(C)=O)c2)c([N+](=O)[O-])c1. The Hall–Kier alpha value is -3.07. The Kier molecular flexibility index (Phi) is 6.56. The Morgan fingerprint density at radius 2 is 1.85 bits per heavy atom. The highest BCUT2D eigenvalue weighted by molar-refractivity contribution is 7.98. The fourth-order valence-electron chi connectivity index (χ4n) is 2.11. The van der Waals surface area contributed by atoms with Gasteiger partial charge in [0.15, 0.2) is 12.4 Å². The summed E-state index contributed by atoms with van der Waals surface area (Å²) < 4.78 is 5.29.